The number of alkyl halides is 3. The fraction of sp³-hybridized carbons (Fsp3) is 0.423. The Labute approximate surface area is 232 Å². The van der Waals surface area contributed by atoms with Crippen molar-refractivity contribution in [3.05, 3.63) is 59.1 Å². The molecule has 3 aliphatic rings. The van der Waals surface area contributed by atoms with Crippen molar-refractivity contribution in [3.8, 4) is 11.8 Å². The molecule has 0 unspecified atom stereocenters. The summed E-state index contributed by atoms with van der Waals surface area (Å²) >= 11 is 6.15. The summed E-state index contributed by atoms with van der Waals surface area (Å²) in [5, 5.41) is 10.6. The Bertz CT molecular complexity index is 1480. The minimum Gasteiger partial charge on any atom is -0.425 e. The molecule has 1 saturated heterocycles. The molecule has 9 nitrogen and oxygen atoms in total. The highest BCUT2D eigenvalue weighted by molar-refractivity contribution is 7.92. The maximum absolute atomic E-state index is 13.9. The lowest BCUT2D eigenvalue weighted by atomic mass is 9.94. The average molecular weight is 598 g/mol. The largest absolute Gasteiger partial charge is 0.573 e. The molecule has 0 spiro atoms. The van der Waals surface area contributed by atoms with Crippen molar-refractivity contribution >= 4 is 33.4 Å². The second-order valence-electron chi connectivity index (χ2n) is 10.1. The third-order valence-electron chi connectivity index (χ3n) is 7.40. The molecule has 0 aromatic heterocycles. The van der Waals surface area contributed by atoms with Crippen LogP contribution in [0.3, 0.4) is 0 Å². The first-order valence-corrected chi connectivity index (χ1v) is 14.3. The lowest BCUT2D eigenvalue weighted by Gasteiger charge is -2.29. The number of carbonyl (C=O) groups is 2. The van der Waals surface area contributed by atoms with Gasteiger partial charge in [-0.1, -0.05) is 35.9 Å². The predicted octanol–water partition coefficient (Wildman–Crippen LogP) is 4.45. The van der Waals surface area contributed by atoms with Gasteiger partial charge >= 0.3 is 12.5 Å². The van der Waals surface area contributed by atoms with E-state index in [1.807, 2.05) is 6.07 Å². The van der Waals surface area contributed by atoms with Crippen molar-refractivity contribution in [1.82, 2.24) is 10.2 Å². The predicted molar refractivity (Wildman–Crippen MR) is 134 cm³/mol. The molecule has 2 aromatic carbocycles. The third kappa shape index (κ3) is 5.42. The van der Waals surface area contributed by atoms with Crippen LogP contribution in [-0.4, -0.2) is 55.2 Å². The Morgan fingerprint density at radius 2 is 1.73 bits per heavy atom. The Morgan fingerprint density at radius 3 is 2.27 bits per heavy atom. The van der Waals surface area contributed by atoms with Crippen molar-refractivity contribution in [2.24, 2.45) is 0 Å². The SMILES string of the molecule is N#CC1(NC(=O)O[C@H]2C[C@@H](S(=O)(=O)c3ccccc3Cl)CN2C(=O)C2(c3ccc(OC(F)(F)F)cc3)CC2)CC1. The van der Waals surface area contributed by atoms with Crippen LogP contribution < -0.4 is 10.1 Å². The molecule has 5 rings (SSSR count). The molecule has 14 heteroatoms. The van der Waals surface area contributed by atoms with Crippen molar-refractivity contribution in [2.45, 2.75) is 65.8 Å². The van der Waals surface area contributed by atoms with E-state index in [1.54, 1.807) is 6.07 Å². The molecular formula is C26H23ClF3N3O6S. The number of nitrogens with zero attached hydrogens (tertiary/aromatic N) is 2. The van der Waals surface area contributed by atoms with E-state index in [0.29, 0.717) is 31.2 Å². The van der Waals surface area contributed by atoms with E-state index >= 15 is 0 Å². The van der Waals surface area contributed by atoms with E-state index in [-0.39, 0.29) is 22.9 Å². The number of rotatable bonds is 7. The van der Waals surface area contributed by atoms with Crippen LogP contribution in [0.25, 0.3) is 0 Å². The summed E-state index contributed by atoms with van der Waals surface area (Å²) in [5.74, 6) is -0.969. The van der Waals surface area contributed by atoms with Gasteiger partial charge in [-0.25, -0.2) is 13.2 Å². The van der Waals surface area contributed by atoms with E-state index < -0.39 is 56.4 Å². The van der Waals surface area contributed by atoms with Crippen molar-refractivity contribution in [2.75, 3.05) is 6.54 Å². The van der Waals surface area contributed by atoms with Crippen LogP contribution >= 0.6 is 11.6 Å². The first kappa shape index (κ1) is 28.0. The molecule has 2 amide bonds. The van der Waals surface area contributed by atoms with E-state index in [9.17, 15) is 36.4 Å². The van der Waals surface area contributed by atoms with Crippen LogP contribution in [0, 0.1) is 11.3 Å². The Kier molecular flexibility index (Phi) is 6.90. The molecule has 1 heterocycles. The molecule has 1 N–H and O–H groups in total. The molecular weight excluding hydrogens is 575 g/mol. The first-order chi connectivity index (χ1) is 18.8. The van der Waals surface area contributed by atoms with Gasteiger partial charge in [0.1, 0.15) is 11.3 Å². The number of nitriles is 1. The molecule has 2 atom stereocenters. The second-order valence-corrected chi connectivity index (χ2v) is 12.7. The molecule has 0 radical (unpaired) electrons. The molecule has 40 heavy (non-hydrogen) atoms. The number of halogens is 4. The summed E-state index contributed by atoms with van der Waals surface area (Å²) in [6.45, 7) is -0.301. The summed E-state index contributed by atoms with van der Waals surface area (Å²) < 4.78 is 74.1. The van der Waals surface area contributed by atoms with Gasteiger partial charge in [0.15, 0.2) is 16.1 Å². The van der Waals surface area contributed by atoms with Gasteiger partial charge in [0, 0.05) is 13.0 Å². The highest BCUT2D eigenvalue weighted by Gasteiger charge is 2.57. The number of alkyl carbamates (subject to hydrolysis) is 1. The number of hydrogen-bond acceptors (Lipinski definition) is 7. The van der Waals surface area contributed by atoms with Crippen molar-refractivity contribution in [1.29, 1.82) is 5.26 Å². The normalized spacial score (nSPS) is 22.6. The molecule has 2 aromatic rings. The van der Waals surface area contributed by atoms with Crippen LogP contribution in [0.2, 0.25) is 5.02 Å². The van der Waals surface area contributed by atoms with Gasteiger partial charge in [0.2, 0.25) is 5.91 Å². The lowest BCUT2D eigenvalue weighted by molar-refractivity contribution is -0.274. The van der Waals surface area contributed by atoms with Gasteiger partial charge in [-0.3, -0.25) is 4.79 Å². The number of likely N-dealkylation sites (tertiary alicyclic amines) is 1. The maximum Gasteiger partial charge on any atom is 0.573 e. The first-order valence-electron chi connectivity index (χ1n) is 12.3. The van der Waals surface area contributed by atoms with Crippen LogP contribution in [0.15, 0.2) is 53.4 Å². The van der Waals surface area contributed by atoms with Crippen molar-refractivity contribution < 1.29 is 40.7 Å². The van der Waals surface area contributed by atoms with Crippen LogP contribution in [0.5, 0.6) is 5.75 Å². The number of hydrogen-bond donors (Lipinski definition) is 1. The minimum absolute atomic E-state index is 0.00649. The lowest BCUT2D eigenvalue weighted by Crippen LogP contribution is -2.46. The van der Waals surface area contributed by atoms with Crippen molar-refractivity contribution in [3.63, 3.8) is 0 Å². The molecule has 3 fully saturated rings. The van der Waals surface area contributed by atoms with Gasteiger partial charge < -0.3 is 19.7 Å². The van der Waals surface area contributed by atoms with Gasteiger partial charge in [-0.15, -0.1) is 13.2 Å². The van der Waals surface area contributed by atoms with E-state index in [0.717, 1.165) is 12.1 Å². The topological polar surface area (TPSA) is 126 Å². The quantitative estimate of drug-likeness (QED) is 0.500. The fourth-order valence-electron chi connectivity index (χ4n) is 4.91. The zero-order valence-corrected chi connectivity index (χ0v) is 22.4. The number of ether oxygens (including phenoxy) is 2. The molecule has 2 aliphatic carbocycles. The number of amides is 2. The van der Waals surface area contributed by atoms with Crippen LogP contribution in [0.4, 0.5) is 18.0 Å². The van der Waals surface area contributed by atoms with E-state index in [1.165, 1.54) is 35.2 Å². The zero-order valence-electron chi connectivity index (χ0n) is 20.8. The average Bonchev–Trinajstić information content (AvgIpc) is 3.81. The standard InChI is InChI=1S/C26H23ClF3N3O6S/c27-19-3-1-2-4-20(19)40(36,37)18-13-21(38-23(35)32-24(15-31)9-10-24)33(14-18)22(34)25(11-12-25)16-5-7-17(8-6-16)39-26(28,29)30/h1-8,18,21H,9-14H2,(H,32,35)/t18-,21+/m1/s1. The summed E-state index contributed by atoms with van der Waals surface area (Å²) in [7, 11) is -4.06. The number of nitrogens with one attached hydrogen (secondary N) is 1. The summed E-state index contributed by atoms with van der Waals surface area (Å²) in [6.07, 6.45) is -5.74. The van der Waals surface area contributed by atoms with Gasteiger partial charge in [0.05, 0.1) is 26.7 Å². The highest BCUT2D eigenvalue weighted by atomic mass is 35.5. The van der Waals surface area contributed by atoms with Crippen LogP contribution in [-0.2, 0) is 24.8 Å². The monoisotopic (exact) mass is 597 g/mol. The summed E-state index contributed by atoms with van der Waals surface area (Å²) in [4.78, 5) is 27.6. The fourth-order valence-corrected chi connectivity index (χ4v) is 7.11. The minimum atomic E-state index is -4.87. The van der Waals surface area contributed by atoms with E-state index in [2.05, 4.69) is 10.1 Å². The Morgan fingerprint density at radius 1 is 1.07 bits per heavy atom. The van der Waals surface area contributed by atoms with Gasteiger partial charge in [0.25, 0.3) is 0 Å². The third-order valence-corrected chi connectivity index (χ3v) is 10.0. The summed E-state index contributed by atoms with van der Waals surface area (Å²) in [5.41, 5.74) is -1.75. The van der Waals surface area contributed by atoms with E-state index in [4.69, 9.17) is 16.3 Å². The molecule has 212 valence electrons. The maximum atomic E-state index is 13.9. The van der Waals surface area contributed by atoms with Gasteiger partial charge in [-0.05, 0) is 55.5 Å². The second kappa shape index (κ2) is 9.85. The number of carbonyl (C=O) groups excluding carboxylic acids is 2. The highest BCUT2D eigenvalue weighted by Crippen LogP contribution is 2.51. The van der Waals surface area contributed by atoms with Crippen LogP contribution in [0.1, 0.15) is 37.7 Å². The number of benzene rings is 2. The number of sulfone groups is 1. The van der Waals surface area contributed by atoms with Gasteiger partial charge in [-0.2, -0.15) is 5.26 Å². The molecule has 2 saturated carbocycles. The Hall–Kier alpha value is -3.50. The molecule has 0 bridgehead atoms. The molecule has 1 aliphatic heterocycles. The zero-order chi connectivity index (χ0) is 28.9. The summed E-state index contributed by atoms with van der Waals surface area (Å²) in [6, 6.07) is 12.8. The smallest absolute Gasteiger partial charge is 0.425 e. The Balaban J connectivity index is 1.41.